The second kappa shape index (κ2) is 12.2. The molecule has 0 aliphatic heterocycles. The van der Waals surface area contributed by atoms with Crippen molar-refractivity contribution in [1.82, 2.24) is 5.32 Å². The third-order valence-corrected chi connectivity index (χ3v) is 1.08. The van der Waals surface area contributed by atoms with Crippen LogP contribution in [-0.4, -0.2) is 12.6 Å². The third-order valence-electron chi connectivity index (χ3n) is 1.08. The molecule has 0 spiro atoms. The van der Waals surface area contributed by atoms with Crippen molar-refractivity contribution in [2.24, 2.45) is 0 Å². The first-order valence-electron chi connectivity index (χ1n) is 3.50. The molecule has 0 bridgehead atoms. The van der Waals surface area contributed by atoms with Gasteiger partial charge >= 0.3 is 0 Å². The number of hydrogen-bond donors (Lipinski definition) is 1. The molecule has 0 atom stereocenters. The Balaban J connectivity index is -0.000000245. The van der Waals surface area contributed by atoms with Crippen LogP contribution in [-0.2, 0) is 18.6 Å². The predicted octanol–water partition coefficient (Wildman–Crippen LogP) is 2.23. The molecule has 1 nitrogen and oxygen atoms in total. The van der Waals surface area contributed by atoms with E-state index in [1.807, 2.05) is 0 Å². The maximum Gasteiger partial charge on any atom is 0.00103 e. The van der Waals surface area contributed by atoms with Crippen LogP contribution in [0.5, 0.6) is 0 Å². The van der Waals surface area contributed by atoms with Crippen LogP contribution in [0.1, 0.15) is 33.6 Å². The van der Waals surface area contributed by atoms with Gasteiger partial charge in [-0.1, -0.05) is 27.2 Å². The Morgan fingerprint density at radius 2 is 1.80 bits per heavy atom. The van der Waals surface area contributed by atoms with Gasteiger partial charge < -0.3 is 12.7 Å². The number of unbranched alkanes of at least 4 members (excludes halogenated alkanes) is 1. The number of rotatable bonds is 4. The van der Waals surface area contributed by atoms with Crippen molar-refractivity contribution < 1.29 is 18.6 Å². The van der Waals surface area contributed by atoms with E-state index in [-0.39, 0.29) is 26.0 Å². The smallest absolute Gasteiger partial charge is 0.00103 e. The molecule has 0 aliphatic carbocycles. The molecular formula is C8H20NV-. The fourth-order valence-corrected chi connectivity index (χ4v) is 0.568. The molecule has 1 radical (unpaired) electrons. The van der Waals surface area contributed by atoms with Crippen molar-refractivity contribution in [3.05, 3.63) is 7.43 Å². The van der Waals surface area contributed by atoms with E-state index in [0.717, 1.165) is 0 Å². The van der Waals surface area contributed by atoms with Gasteiger partial charge in [0, 0.05) is 24.6 Å². The second-order valence-electron chi connectivity index (χ2n) is 2.46. The van der Waals surface area contributed by atoms with Gasteiger partial charge in [0.2, 0.25) is 0 Å². The van der Waals surface area contributed by atoms with E-state index in [4.69, 9.17) is 0 Å². The van der Waals surface area contributed by atoms with Crippen molar-refractivity contribution in [2.75, 3.05) is 6.54 Å². The summed E-state index contributed by atoms with van der Waals surface area (Å²) in [6.45, 7) is 7.74. The summed E-state index contributed by atoms with van der Waals surface area (Å²) in [7, 11) is 0. The Kier molecular flexibility index (Phi) is 20.7. The standard InChI is InChI=1S/C7H17N.CH3.V/c1-4-5-6-8-7(2)3;;/h7-8H,4-6H2,1-3H3;1H3;/q;-1;. The minimum Gasteiger partial charge on any atom is -0.358 e. The Hall–Kier alpha value is 0.544. The van der Waals surface area contributed by atoms with Gasteiger partial charge in [-0.2, -0.15) is 0 Å². The summed E-state index contributed by atoms with van der Waals surface area (Å²) in [4.78, 5) is 0. The van der Waals surface area contributed by atoms with Gasteiger partial charge in [0.1, 0.15) is 0 Å². The van der Waals surface area contributed by atoms with Crippen LogP contribution in [0.25, 0.3) is 0 Å². The summed E-state index contributed by atoms with van der Waals surface area (Å²) < 4.78 is 0. The molecule has 0 aromatic heterocycles. The first-order chi connectivity index (χ1) is 3.77. The molecular weight excluding hydrogens is 161 g/mol. The topological polar surface area (TPSA) is 12.0 Å². The fraction of sp³-hybridized carbons (Fsp3) is 0.875. The van der Waals surface area contributed by atoms with Gasteiger partial charge in [0.15, 0.2) is 0 Å². The SMILES string of the molecule is CCCCNC(C)C.[CH3-].[V]. The van der Waals surface area contributed by atoms with Gasteiger partial charge in [-0.15, -0.1) is 0 Å². The van der Waals surface area contributed by atoms with Crippen LogP contribution >= 0.6 is 0 Å². The number of nitrogens with one attached hydrogen (secondary N) is 1. The second-order valence-corrected chi connectivity index (χ2v) is 2.46. The summed E-state index contributed by atoms with van der Waals surface area (Å²) in [5.41, 5.74) is 0. The van der Waals surface area contributed by atoms with E-state index in [1.54, 1.807) is 0 Å². The third kappa shape index (κ3) is 15.8. The minimum absolute atomic E-state index is 0. The Bertz CT molecular complexity index is 46.5. The van der Waals surface area contributed by atoms with Crippen molar-refractivity contribution in [3.8, 4) is 0 Å². The Morgan fingerprint density at radius 3 is 2.10 bits per heavy atom. The van der Waals surface area contributed by atoms with Crippen LogP contribution in [0.15, 0.2) is 0 Å². The van der Waals surface area contributed by atoms with Crippen molar-refractivity contribution in [3.63, 3.8) is 0 Å². The van der Waals surface area contributed by atoms with E-state index in [2.05, 4.69) is 26.1 Å². The molecule has 0 aromatic carbocycles. The first kappa shape index (κ1) is 16.9. The summed E-state index contributed by atoms with van der Waals surface area (Å²) in [5.74, 6) is 0. The molecule has 2 heteroatoms. The monoisotopic (exact) mass is 181 g/mol. The number of hydrogen-bond acceptors (Lipinski definition) is 1. The van der Waals surface area contributed by atoms with Gasteiger partial charge in [-0.3, -0.25) is 0 Å². The Labute approximate surface area is 77.9 Å². The van der Waals surface area contributed by atoms with Crippen LogP contribution in [0.3, 0.4) is 0 Å². The fourth-order valence-electron chi connectivity index (χ4n) is 0.568. The van der Waals surface area contributed by atoms with Crippen LogP contribution < -0.4 is 5.32 Å². The Morgan fingerprint density at radius 1 is 1.30 bits per heavy atom. The molecule has 0 amide bonds. The largest absolute Gasteiger partial charge is 0.358 e. The van der Waals surface area contributed by atoms with E-state index in [1.165, 1.54) is 19.4 Å². The summed E-state index contributed by atoms with van der Waals surface area (Å²) in [5, 5.41) is 3.35. The van der Waals surface area contributed by atoms with Gasteiger partial charge in [-0.05, 0) is 13.0 Å². The molecule has 63 valence electrons. The van der Waals surface area contributed by atoms with Gasteiger partial charge in [-0.25, -0.2) is 0 Å². The maximum absolute atomic E-state index is 3.35. The molecule has 0 rings (SSSR count). The molecule has 0 saturated carbocycles. The molecule has 0 aliphatic rings. The predicted molar refractivity (Wildman–Crippen MR) is 44.5 cm³/mol. The van der Waals surface area contributed by atoms with Gasteiger partial charge in [0.05, 0.1) is 0 Å². The van der Waals surface area contributed by atoms with Crippen LogP contribution in [0.2, 0.25) is 0 Å². The molecule has 0 unspecified atom stereocenters. The van der Waals surface area contributed by atoms with Crippen molar-refractivity contribution >= 4 is 0 Å². The summed E-state index contributed by atoms with van der Waals surface area (Å²) >= 11 is 0. The first-order valence-corrected chi connectivity index (χ1v) is 3.50. The average molecular weight is 181 g/mol. The molecule has 10 heavy (non-hydrogen) atoms. The molecule has 0 saturated heterocycles. The van der Waals surface area contributed by atoms with Crippen LogP contribution in [0.4, 0.5) is 0 Å². The van der Waals surface area contributed by atoms with Crippen molar-refractivity contribution in [2.45, 2.75) is 39.7 Å². The zero-order valence-electron chi connectivity index (χ0n) is 7.65. The summed E-state index contributed by atoms with van der Waals surface area (Å²) in [6, 6.07) is 0.654. The molecule has 0 aromatic rings. The van der Waals surface area contributed by atoms with Crippen LogP contribution in [0, 0.1) is 7.43 Å². The molecule has 0 fully saturated rings. The van der Waals surface area contributed by atoms with E-state index < -0.39 is 0 Å². The maximum atomic E-state index is 3.35. The molecule has 1 N–H and O–H groups in total. The minimum atomic E-state index is 0. The van der Waals surface area contributed by atoms with Crippen molar-refractivity contribution in [1.29, 1.82) is 0 Å². The zero-order valence-corrected chi connectivity index (χ0v) is 9.04. The normalized spacial score (nSPS) is 8.40. The van der Waals surface area contributed by atoms with E-state index >= 15 is 0 Å². The van der Waals surface area contributed by atoms with Gasteiger partial charge in [0.25, 0.3) is 0 Å². The zero-order chi connectivity index (χ0) is 6.41. The molecule has 0 heterocycles. The quantitative estimate of drug-likeness (QED) is 0.518. The van der Waals surface area contributed by atoms with E-state index in [9.17, 15) is 0 Å². The van der Waals surface area contributed by atoms with E-state index in [0.29, 0.717) is 6.04 Å². The average Bonchev–Trinajstić information content (AvgIpc) is 1.66. The summed E-state index contributed by atoms with van der Waals surface area (Å²) in [6.07, 6.45) is 2.60.